The first-order valence-electron chi connectivity index (χ1n) is 8.68. The molecule has 2 heterocycles. The zero-order chi connectivity index (χ0) is 16.5. The van der Waals surface area contributed by atoms with Gasteiger partial charge in [-0.25, -0.2) is 0 Å². The van der Waals surface area contributed by atoms with Gasteiger partial charge in [0.2, 0.25) is 0 Å². The molecule has 0 aliphatic carbocycles. The predicted octanol–water partition coefficient (Wildman–Crippen LogP) is 5.37. The summed E-state index contributed by atoms with van der Waals surface area (Å²) in [5, 5.41) is 0. The van der Waals surface area contributed by atoms with Gasteiger partial charge in [0.15, 0.2) is 0 Å². The molecule has 1 aromatic heterocycles. The largest absolute Gasteiger partial charge is 0.460 e. The molecular weight excluding hydrogens is 294 g/mol. The van der Waals surface area contributed by atoms with E-state index in [1.807, 2.05) is 0 Å². The van der Waals surface area contributed by atoms with Gasteiger partial charge in [-0.15, -0.1) is 0 Å². The van der Waals surface area contributed by atoms with Crippen LogP contribution in [0.5, 0.6) is 0 Å². The smallest absolute Gasteiger partial charge is 0.134 e. The molecule has 2 nitrogen and oxygen atoms in total. The van der Waals surface area contributed by atoms with Crippen LogP contribution in [0.4, 0.5) is 0 Å². The molecule has 0 spiro atoms. The third-order valence-electron chi connectivity index (χ3n) is 5.08. The number of hydrogen-bond donors (Lipinski definition) is 0. The second-order valence-corrected chi connectivity index (χ2v) is 6.73. The number of furan rings is 1. The number of nitrogens with zero attached hydrogens (tertiary/aromatic N) is 1. The summed E-state index contributed by atoms with van der Waals surface area (Å²) in [6, 6.07) is 21.9. The van der Waals surface area contributed by atoms with Gasteiger partial charge in [-0.3, -0.25) is 4.90 Å². The van der Waals surface area contributed by atoms with Crippen LogP contribution < -0.4 is 0 Å². The van der Waals surface area contributed by atoms with Crippen LogP contribution in [0.25, 0.3) is 11.3 Å². The summed E-state index contributed by atoms with van der Waals surface area (Å²) in [7, 11) is 0. The summed E-state index contributed by atoms with van der Waals surface area (Å²) in [6.07, 6.45) is 1.12. The molecule has 24 heavy (non-hydrogen) atoms. The molecule has 2 aromatic carbocycles. The van der Waals surface area contributed by atoms with E-state index < -0.39 is 0 Å². The van der Waals surface area contributed by atoms with Crippen molar-refractivity contribution in [2.75, 3.05) is 6.54 Å². The molecule has 1 unspecified atom stereocenters. The van der Waals surface area contributed by atoms with Gasteiger partial charge < -0.3 is 4.42 Å². The first kappa shape index (κ1) is 15.2. The van der Waals surface area contributed by atoms with Crippen molar-refractivity contribution in [3.63, 3.8) is 0 Å². The topological polar surface area (TPSA) is 16.4 Å². The molecule has 0 amide bonds. The quantitative estimate of drug-likeness (QED) is 0.645. The molecule has 0 saturated heterocycles. The number of benzene rings is 2. The lowest BCUT2D eigenvalue weighted by Crippen LogP contribution is -2.33. The van der Waals surface area contributed by atoms with Crippen molar-refractivity contribution in [2.24, 2.45) is 0 Å². The van der Waals surface area contributed by atoms with E-state index in [1.54, 1.807) is 0 Å². The van der Waals surface area contributed by atoms with Gasteiger partial charge in [0.1, 0.15) is 11.5 Å². The zero-order valence-corrected chi connectivity index (χ0v) is 14.3. The molecule has 3 aromatic rings. The lowest BCUT2D eigenvalue weighted by Gasteiger charge is -2.34. The summed E-state index contributed by atoms with van der Waals surface area (Å²) in [4.78, 5) is 2.50. The van der Waals surface area contributed by atoms with Gasteiger partial charge in [-0.05, 0) is 43.5 Å². The van der Waals surface area contributed by atoms with Crippen LogP contribution in [0.3, 0.4) is 0 Å². The highest BCUT2D eigenvalue weighted by atomic mass is 16.3. The van der Waals surface area contributed by atoms with Crippen molar-refractivity contribution >= 4 is 0 Å². The van der Waals surface area contributed by atoms with Crippen LogP contribution >= 0.6 is 0 Å². The first-order valence-corrected chi connectivity index (χ1v) is 8.68. The van der Waals surface area contributed by atoms with Gasteiger partial charge in [0, 0.05) is 18.2 Å². The molecule has 0 N–H and O–H groups in total. The standard InChI is InChI=1S/C22H23NO/c1-16-7-9-19(10-8-16)22-12-11-20(24-22)15-23-14-13-18-5-3-4-6-21(18)17(23)2/h3-12,17H,13-15H2,1-2H3. The van der Waals surface area contributed by atoms with Crippen LogP contribution in [-0.4, -0.2) is 11.4 Å². The van der Waals surface area contributed by atoms with Gasteiger partial charge in [-0.1, -0.05) is 54.1 Å². The lowest BCUT2D eigenvalue weighted by atomic mass is 9.93. The second kappa shape index (κ2) is 6.29. The first-order chi connectivity index (χ1) is 11.7. The molecule has 1 aliphatic heterocycles. The van der Waals surface area contributed by atoms with Gasteiger partial charge in [0.05, 0.1) is 6.54 Å². The Hall–Kier alpha value is -2.32. The highest BCUT2D eigenvalue weighted by Crippen LogP contribution is 2.31. The molecule has 2 heteroatoms. The third-order valence-corrected chi connectivity index (χ3v) is 5.08. The normalized spacial score (nSPS) is 17.7. The molecule has 122 valence electrons. The Balaban J connectivity index is 1.51. The minimum Gasteiger partial charge on any atom is -0.460 e. The van der Waals surface area contributed by atoms with Crippen molar-refractivity contribution in [1.82, 2.24) is 4.90 Å². The van der Waals surface area contributed by atoms with Crippen LogP contribution in [0, 0.1) is 6.92 Å². The fourth-order valence-corrected chi connectivity index (χ4v) is 3.58. The summed E-state index contributed by atoms with van der Waals surface area (Å²) in [6.45, 7) is 6.34. The summed E-state index contributed by atoms with van der Waals surface area (Å²) in [5.41, 5.74) is 5.35. The summed E-state index contributed by atoms with van der Waals surface area (Å²) < 4.78 is 6.11. The average Bonchev–Trinajstić information content (AvgIpc) is 3.07. The van der Waals surface area contributed by atoms with Crippen molar-refractivity contribution in [2.45, 2.75) is 32.9 Å². The van der Waals surface area contributed by atoms with Crippen molar-refractivity contribution < 1.29 is 4.42 Å². The Kier molecular flexibility index (Phi) is 3.99. The highest BCUT2D eigenvalue weighted by molar-refractivity contribution is 5.57. The molecule has 0 saturated carbocycles. The maximum atomic E-state index is 6.11. The van der Waals surface area contributed by atoms with Crippen molar-refractivity contribution in [1.29, 1.82) is 0 Å². The average molecular weight is 317 g/mol. The molecule has 0 radical (unpaired) electrons. The maximum Gasteiger partial charge on any atom is 0.134 e. The van der Waals surface area contributed by atoms with Gasteiger partial charge in [-0.2, -0.15) is 0 Å². The van der Waals surface area contributed by atoms with Gasteiger partial charge in [0.25, 0.3) is 0 Å². The van der Waals surface area contributed by atoms with E-state index in [9.17, 15) is 0 Å². The van der Waals surface area contributed by atoms with Crippen LogP contribution in [0.15, 0.2) is 65.1 Å². The molecule has 4 rings (SSSR count). The summed E-state index contributed by atoms with van der Waals surface area (Å²) >= 11 is 0. The van der Waals surface area contributed by atoms with Crippen LogP contribution in [0.2, 0.25) is 0 Å². The Morgan fingerprint density at radius 1 is 1.00 bits per heavy atom. The number of hydrogen-bond acceptors (Lipinski definition) is 2. The van der Waals surface area contributed by atoms with E-state index in [-0.39, 0.29) is 0 Å². The fraction of sp³-hybridized carbons (Fsp3) is 0.273. The van der Waals surface area contributed by atoms with E-state index in [0.717, 1.165) is 36.6 Å². The Morgan fingerprint density at radius 2 is 1.79 bits per heavy atom. The Morgan fingerprint density at radius 3 is 2.62 bits per heavy atom. The number of aryl methyl sites for hydroxylation is 1. The molecule has 1 aliphatic rings. The monoisotopic (exact) mass is 317 g/mol. The van der Waals surface area contributed by atoms with E-state index in [1.165, 1.54) is 16.7 Å². The SMILES string of the molecule is Cc1ccc(-c2ccc(CN3CCc4ccccc4C3C)o2)cc1. The zero-order valence-electron chi connectivity index (χ0n) is 14.3. The van der Waals surface area contributed by atoms with Gasteiger partial charge >= 0.3 is 0 Å². The Labute approximate surface area is 143 Å². The van der Waals surface area contributed by atoms with Crippen LogP contribution in [-0.2, 0) is 13.0 Å². The minimum atomic E-state index is 0.433. The van der Waals surface area contributed by atoms with E-state index in [4.69, 9.17) is 4.42 Å². The van der Waals surface area contributed by atoms with Crippen molar-refractivity contribution in [3.8, 4) is 11.3 Å². The lowest BCUT2D eigenvalue weighted by molar-refractivity contribution is 0.176. The minimum absolute atomic E-state index is 0.433. The highest BCUT2D eigenvalue weighted by Gasteiger charge is 2.24. The molecule has 1 atom stereocenters. The predicted molar refractivity (Wildman–Crippen MR) is 97.9 cm³/mol. The maximum absolute atomic E-state index is 6.11. The molecule has 0 fully saturated rings. The Bertz CT molecular complexity index is 831. The molecular formula is C22H23NO. The second-order valence-electron chi connectivity index (χ2n) is 6.73. The number of fused-ring (bicyclic) bond motifs is 1. The third kappa shape index (κ3) is 2.90. The van der Waals surface area contributed by atoms with E-state index in [0.29, 0.717) is 6.04 Å². The molecule has 0 bridgehead atoms. The van der Waals surface area contributed by atoms with E-state index >= 15 is 0 Å². The van der Waals surface area contributed by atoms with Crippen molar-refractivity contribution in [3.05, 3.63) is 83.1 Å². The number of rotatable bonds is 3. The fourth-order valence-electron chi connectivity index (χ4n) is 3.58. The van der Waals surface area contributed by atoms with E-state index in [2.05, 4.69) is 79.4 Å². The van der Waals surface area contributed by atoms with Crippen LogP contribution in [0.1, 0.15) is 35.4 Å². The summed E-state index contributed by atoms with van der Waals surface area (Å²) in [5.74, 6) is 1.99.